The summed E-state index contributed by atoms with van der Waals surface area (Å²) in [4.78, 5) is 14.4. The van der Waals surface area contributed by atoms with E-state index in [1.807, 2.05) is 17.5 Å². The minimum absolute atomic E-state index is 0.0685. The van der Waals surface area contributed by atoms with Crippen LogP contribution in [0.1, 0.15) is 17.7 Å². The van der Waals surface area contributed by atoms with Crippen molar-refractivity contribution in [2.45, 2.75) is 24.3 Å². The molecule has 6 nitrogen and oxygen atoms in total. The van der Waals surface area contributed by atoms with Crippen molar-refractivity contribution >= 4 is 27.3 Å². The van der Waals surface area contributed by atoms with Gasteiger partial charge in [0.15, 0.2) is 0 Å². The van der Waals surface area contributed by atoms with Gasteiger partial charge in [0.2, 0.25) is 15.9 Å². The Hall–Kier alpha value is -1.74. The molecule has 1 aromatic heterocycles. The van der Waals surface area contributed by atoms with Crippen molar-refractivity contribution in [3.63, 3.8) is 0 Å². The molecule has 1 amide bonds. The first-order valence-electron chi connectivity index (χ1n) is 9.44. The Bertz CT molecular complexity index is 907. The van der Waals surface area contributed by atoms with Crippen LogP contribution in [0.5, 0.6) is 0 Å². The van der Waals surface area contributed by atoms with Crippen molar-refractivity contribution in [3.05, 3.63) is 52.7 Å². The van der Waals surface area contributed by atoms with E-state index in [4.69, 9.17) is 4.74 Å². The van der Waals surface area contributed by atoms with Gasteiger partial charge < -0.3 is 10.1 Å². The molecule has 1 atom stereocenters. The lowest BCUT2D eigenvalue weighted by Gasteiger charge is -2.37. The van der Waals surface area contributed by atoms with Gasteiger partial charge in [0.25, 0.3) is 0 Å². The molecular weight excluding hydrogens is 396 g/mol. The highest BCUT2D eigenvalue weighted by Crippen LogP contribution is 2.46. The van der Waals surface area contributed by atoms with E-state index in [1.165, 1.54) is 4.31 Å². The number of hydrogen-bond donors (Lipinski definition) is 1. The molecule has 28 heavy (non-hydrogen) atoms. The van der Waals surface area contributed by atoms with Crippen LogP contribution in [0.3, 0.4) is 0 Å². The molecule has 1 aromatic carbocycles. The lowest BCUT2D eigenvalue weighted by atomic mass is 9.72. The van der Waals surface area contributed by atoms with Gasteiger partial charge in [0.05, 0.1) is 17.4 Å². The minimum Gasteiger partial charge on any atom is -0.381 e. The number of hydrogen-bond acceptors (Lipinski definition) is 5. The predicted molar refractivity (Wildman–Crippen MR) is 107 cm³/mol. The van der Waals surface area contributed by atoms with Gasteiger partial charge >= 0.3 is 0 Å². The number of carbonyl (C=O) groups is 1. The largest absolute Gasteiger partial charge is 0.381 e. The van der Waals surface area contributed by atoms with Crippen molar-refractivity contribution in [1.29, 1.82) is 0 Å². The SMILES string of the molecule is O=C(NCc1cccs1)[C@H]1CN(S(=O)(=O)c2ccccc2)CC12CCOCC2. The van der Waals surface area contributed by atoms with Crippen molar-refractivity contribution in [2.24, 2.45) is 11.3 Å². The lowest BCUT2D eigenvalue weighted by Crippen LogP contribution is -2.44. The second-order valence-corrected chi connectivity index (χ2v) is 10.4. The standard InChI is InChI=1S/C20H24N2O4S2/c23-19(21-13-16-5-4-12-27-16)18-14-22(15-20(18)8-10-26-11-9-20)28(24,25)17-6-2-1-3-7-17/h1-7,12,18H,8-11,13-15H2,(H,21,23)/t18-/m1/s1. The van der Waals surface area contributed by atoms with Crippen molar-refractivity contribution in [2.75, 3.05) is 26.3 Å². The van der Waals surface area contributed by atoms with Gasteiger partial charge in [-0.15, -0.1) is 11.3 Å². The summed E-state index contributed by atoms with van der Waals surface area (Å²) in [6.07, 6.45) is 1.40. The van der Waals surface area contributed by atoms with Crippen molar-refractivity contribution in [1.82, 2.24) is 9.62 Å². The highest BCUT2D eigenvalue weighted by Gasteiger charge is 2.53. The topological polar surface area (TPSA) is 75.7 Å². The molecule has 2 fully saturated rings. The highest BCUT2D eigenvalue weighted by molar-refractivity contribution is 7.89. The quantitative estimate of drug-likeness (QED) is 0.806. The van der Waals surface area contributed by atoms with Crippen LogP contribution in [-0.4, -0.2) is 44.9 Å². The number of thiophene rings is 1. The number of nitrogens with one attached hydrogen (secondary N) is 1. The lowest BCUT2D eigenvalue weighted by molar-refractivity contribution is -0.130. The van der Waals surface area contributed by atoms with Crippen LogP contribution in [0, 0.1) is 11.3 Å². The highest BCUT2D eigenvalue weighted by atomic mass is 32.2. The van der Waals surface area contributed by atoms with E-state index in [9.17, 15) is 13.2 Å². The normalized spacial score (nSPS) is 22.4. The van der Waals surface area contributed by atoms with Crippen LogP contribution < -0.4 is 5.32 Å². The maximum absolute atomic E-state index is 13.1. The van der Waals surface area contributed by atoms with E-state index in [0.717, 1.165) is 4.88 Å². The Labute approximate surface area is 169 Å². The average molecular weight is 421 g/mol. The third-order valence-electron chi connectivity index (χ3n) is 5.82. The summed E-state index contributed by atoms with van der Waals surface area (Å²) in [6, 6.07) is 12.4. The van der Waals surface area contributed by atoms with Crippen LogP contribution in [0.2, 0.25) is 0 Å². The molecule has 2 aliphatic heterocycles. The maximum Gasteiger partial charge on any atom is 0.243 e. The fourth-order valence-corrected chi connectivity index (χ4v) is 6.42. The number of benzene rings is 1. The van der Waals surface area contributed by atoms with E-state index < -0.39 is 10.0 Å². The number of ether oxygens (including phenoxy) is 1. The zero-order valence-electron chi connectivity index (χ0n) is 15.5. The molecular formula is C20H24N2O4S2. The molecule has 0 aliphatic carbocycles. The second kappa shape index (κ2) is 7.94. The first-order chi connectivity index (χ1) is 13.5. The predicted octanol–water partition coefficient (Wildman–Crippen LogP) is 2.48. The van der Waals surface area contributed by atoms with Gasteiger partial charge in [-0.2, -0.15) is 4.31 Å². The number of sulfonamides is 1. The van der Waals surface area contributed by atoms with Crippen LogP contribution in [-0.2, 0) is 26.1 Å². The molecule has 2 saturated heterocycles. The first kappa shape index (κ1) is 19.6. The summed E-state index contributed by atoms with van der Waals surface area (Å²) in [5.74, 6) is -0.434. The number of amides is 1. The molecule has 0 bridgehead atoms. The summed E-state index contributed by atoms with van der Waals surface area (Å²) < 4.78 is 33.3. The van der Waals surface area contributed by atoms with E-state index in [0.29, 0.717) is 39.1 Å². The Morgan fingerprint density at radius 3 is 2.61 bits per heavy atom. The van der Waals surface area contributed by atoms with Gasteiger partial charge in [0, 0.05) is 36.6 Å². The Morgan fingerprint density at radius 1 is 1.18 bits per heavy atom. The average Bonchev–Trinajstić information content (AvgIpc) is 3.36. The molecule has 0 saturated carbocycles. The van der Waals surface area contributed by atoms with Gasteiger partial charge in [-0.25, -0.2) is 8.42 Å². The second-order valence-electron chi connectivity index (χ2n) is 7.44. The Morgan fingerprint density at radius 2 is 1.93 bits per heavy atom. The molecule has 2 aromatic rings. The van der Waals surface area contributed by atoms with Crippen LogP contribution in [0.15, 0.2) is 52.7 Å². The summed E-state index contributed by atoms with van der Waals surface area (Å²) in [7, 11) is -3.62. The molecule has 1 N–H and O–H groups in total. The Balaban J connectivity index is 1.56. The van der Waals surface area contributed by atoms with Crippen LogP contribution in [0.25, 0.3) is 0 Å². The minimum atomic E-state index is -3.62. The third-order valence-corrected chi connectivity index (χ3v) is 8.52. The summed E-state index contributed by atoms with van der Waals surface area (Å²) >= 11 is 1.60. The van der Waals surface area contributed by atoms with E-state index in [1.54, 1.807) is 41.7 Å². The fourth-order valence-electron chi connectivity index (χ4n) is 4.20. The zero-order valence-corrected chi connectivity index (χ0v) is 17.2. The summed E-state index contributed by atoms with van der Waals surface area (Å²) in [6.45, 7) is 2.19. The molecule has 2 aliphatic rings. The van der Waals surface area contributed by atoms with E-state index in [2.05, 4.69) is 5.32 Å². The van der Waals surface area contributed by atoms with E-state index in [-0.39, 0.29) is 28.7 Å². The smallest absolute Gasteiger partial charge is 0.243 e. The fraction of sp³-hybridized carbons (Fsp3) is 0.450. The van der Waals surface area contributed by atoms with Gasteiger partial charge in [-0.1, -0.05) is 24.3 Å². The first-order valence-corrected chi connectivity index (χ1v) is 11.8. The number of carbonyl (C=O) groups excluding carboxylic acids is 1. The summed E-state index contributed by atoms with van der Waals surface area (Å²) in [5.41, 5.74) is -0.361. The van der Waals surface area contributed by atoms with Gasteiger partial charge in [-0.3, -0.25) is 4.79 Å². The monoisotopic (exact) mass is 420 g/mol. The molecule has 4 rings (SSSR count). The maximum atomic E-state index is 13.1. The van der Waals surface area contributed by atoms with Crippen molar-refractivity contribution < 1.29 is 17.9 Å². The summed E-state index contributed by atoms with van der Waals surface area (Å²) in [5, 5.41) is 5.00. The zero-order chi connectivity index (χ0) is 19.6. The third kappa shape index (κ3) is 3.74. The van der Waals surface area contributed by atoms with E-state index >= 15 is 0 Å². The molecule has 1 spiro atoms. The molecule has 3 heterocycles. The van der Waals surface area contributed by atoms with Gasteiger partial charge in [0.1, 0.15) is 0 Å². The number of rotatable bonds is 5. The molecule has 150 valence electrons. The molecule has 8 heteroatoms. The van der Waals surface area contributed by atoms with Gasteiger partial charge in [-0.05, 0) is 36.4 Å². The number of nitrogens with zero attached hydrogens (tertiary/aromatic N) is 1. The van der Waals surface area contributed by atoms with Crippen LogP contribution in [0.4, 0.5) is 0 Å². The van der Waals surface area contributed by atoms with Crippen LogP contribution >= 0.6 is 11.3 Å². The molecule has 0 unspecified atom stereocenters. The Kier molecular flexibility index (Phi) is 5.55. The van der Waals surface area contributed by atoms with Crippen molar-refractivity contribution in [3.8, 4) is 0 Å². The molecule has 0 radical (unpaired) electrons.